The van der Waals surface area contributed by atoms with Gasteiger partial charge in [-0.3, -0.25) is 9.52 Å². The minimum Gasteiger partial charge on any atom is -0.346 e. The van der Waals surface area contributed by atoms with Crippen molar-refractivity contribution in [2.24, 2.45) is 0 Å². The molecule has 1 atom stereocenters. The first-order valence-electron chi connectivity index (χ1n) is 7.30. The number of nitrogens with one attached hydrogen (secondary N) is 2. The van der Waals surface area contributed by atoms with Crippen LogP contribution in [0, 0.1) is 12.7 Å². The Morgan fingerprint density at radius 2 is 1.75 bits per heavy atom. The van der Waals surface area contributed by atoms with E-state index in [1.54, 1.807) is 38.1 Å². The first-order valence-corrected chi connectivity index (χ1v) is 9.19. The summed E-state index contributed by atoms with van der Waals surface area (Å²) < 4.78 is 38.1. The van der Waals surface area contributed by atoms with Gasteiger partial charge in [0.15, 0.2) is 0 Å². The van der Waals surface area contributed by atoms with Gasteiger partial charge in [-0.2, -0.15) is 0 Å². The van der Waals surface area contributed by atoms with Crippen molar-refractivity contribution in [2.45, 2.75) is 19.9 Å². The Bertz CT molecular complexity index is 849. The molecule has 0 bridgehead atoms. The number of amides is 1. The largest absolute Gasteiger partial charge is 0.346 e. The lowest BCUT2D eigenvalue weighted by Crippen LogP contribution is -2.26. The van der Waals surface area contributed by atoms with Crippen molar-refractivity contribution in [1.29, 1.82) is 0 Å². The highest BCUT2D eigenvalue weighted by atomic mass is 32.2. The second-order valence-electron chi connectivity index (χ2n) is 5.65. The van der Waals surface area contributed by atoms with Crippen LogP contribution in [0.15, 0.2) is 42.5 Å². The van der Waals surface area contributed by atoms with Crippen molar-refractivity contribution >= 4 is 21.6 Å². The van der Waals surface area contributed by atoms with Crippen molar-refractivity contribution in [3.05, 3.63) is 65.0 Å². The van der Waals surface area contributed by atoms with Crippen LogP contribution in [0.2, 0.25) is 0 Å². The molecule has 7 heteroatoms. The van der Waals surface area contributed by atoms with E-state index in [1.165, 1.54) is 18.2 Å². The lowest BCUT2D eigenvalue weighted by Gasteiger charge is -2.15. The molecule has 2 aromatic carbocycles. The fraction of sp³-hybridized carbons (Fsp3) is 0.235. The zero-order valence-corrected chi connectivity index (χ0v) is 14.4. The normalized spacial score (nSPS) is 12.5. The maximum Gasteiger partial charge on any atom is 0.251 e. The third-order valence-electron chi connectivity index (χ3n) is 3.51. The van der Waals surface area contributed by atoms with Gasteiger partial charge in [-0.05, 0) is 49.2 Å². The molecule has 0 heterocycles. The van der Waals surface area contributed by atoms with Gasteiger partial charge in [0, 0.05) is 5.56 Å². The highest BCUT2D eigenvalue weighted by Gasteiger charge is 2.14. The van der Waals surface area contributed by atoms with E-state index in [2.05, 4.69) is 10.0 Å². The van der Waals surface area contributed by atoms with Crippen LogP contribution in [-0.2, 0) is 10.0 Å². The number of rotatable bonds is 5. The van der Waals surface area contributed by atoms with E-state index >= 15 is 0 Å². The summed E-state index contributed by atoms with van der Waals surface area (Å²) in [7, 11) is -3.43. The zero-order valence-electron chi connectivity index (χ0n) is 13.6. The summed E-state index contributed by atoms with van der Waals surface area (Å²) in [6.45, 7) is 3.53. The molecule has 0 fully saturated rings. The minimum absolute atomic E-state index is 0.314. The first kappa shape index (κ1) is 17.9. The number of hydrogen-bond donors (Lipinski definition) is 2. The Morgan fingerprint density at radius 1 is 1.12 bits per heavy atom. The fourth-order valence-corrected chi connectivity index (χ4v) is 2.81. The molecule has 0 saturated carbocycles. The van der Waals surface area contributed by atoms with Crippen LogP contribution in [-0.4, -0.2) is 20.6 Å². The van der Waals surface area contributed by atoms with Crippen molar-refractivity contribution < 1.29 is 17.6 Å². The molecule has 2 rings (SSSR count). The summed E-state index contributed by atoms with van der Waals surface area (Å²) in [4.78, 5) is 12.4. The van der Waals surface area contributed by atoms with Gasteiger partial charge in [-0.1, -0.05) is 18.2 Å². The molecule has 0 unspecified atom stereocenters. The van der Waals surface area contributed by atoms with E-state index < -0.39 is 10.0 Å². The maximum absolute atomic E-state index is 13.0. The second-order valence-corrected chi connectivity index (χ2v) is 7.40. The zero-order chi connectivity index (χ0) is 17.9. The Hall–Kier alpha value is -2.41. The minimum atomic E-state index is -3.43. The topological polar surface area (TPSA) is 75.3 Å². The molecule has 128 valence electrons. The highest BCUT2D eigenvalue weighted by Crippen LogP contribution is 2.19. The van der Waals surface area contributed by atoms with E-state index in [9.17, 15) is 17.6 Å². The Labute approximate surface area is 141 Å². The molecule has 0 aromatic heterocycles. The van der Waals surface area contributed by atoms with E-state index in [0.717, 1.165) is 11.8 Å². The number of halogens is 1. The molecule has 0 saturated heterocycles. The van der Waals surface area contributed by atoms with Gasteiger partial charge in [0.25, 0.3) is 5.91 Å². The molecule has 0 aliphatic carbocycles. The lowest BCUT2D eigenvalue weighted by atomic mass is 10.1. The van der Waals surface area contributed by atoms with Gasteiger partial charge in [-0.15, -0.1) is 0 Å². The molecule has 0 radical (unpaired) electrons. The summed E-state index contributed by atoms with van der Waals surface area (Å²) in [5, 5.41) is 2.80. The average molecular weight is 350 g/mol. The summed E-state index contributed by atoms with van der Waals surface area (Å²) >= 11 is 0. The van der Waals surface area contributed by atoms with Gasteiger partial charge in [0.1, 0.15) is 5.82 Å². The van der Waals surface area contributed by atoms with Crippen molar-refractivity contribution in [3.63, 3.8) is 0 Å². The monoisotopic (exact) mass is 350 g/mol. The van der Waals surface area contributed by atoms with Crippen molar-refractivity contribution in [1.82, 2.24) is 5.32 Å². The van der Waals surface area contributed by atoms with Crippen LogP contribution in [0.25, 0.3) is 0 Å². The third-order valence-corrected chi connectivity index (χ3v) is 4.10. The van der Waals surface area contributed by atoms with E-state index in [0.29, 0.717) is 16.8 Å². The summed E-state index contributed by atoms with van der Waals surface area (Å²) in [5.41, 5.74) is 2.18. The molecule has 2 N–H and O–H groups in total. The Balaban J connectivity index is 2.17. The fourth-order valence-electron chi connectivity index (χ4n) is 2.19. The average Bonchev–Trinajstić information content (AvgIpc) is 2.48. The highest BCUT2D eigenvalue weighted by molar-refractivity contribution is 7.92. The quantitative estimate of drug-likeness (QED) is 0.870. The number of anilines is 1. The molecule has 0 spiro atoms. The molecule has 1 amide bonds. The smallest absolute Gasteiger partial charge is 0.251 e. The second kappa shape index (κ2) is 7.00. The van der Waals surface area contributed by atoms with Gasteiger partial charge in [-0.25, -0.2) is 12.8 Å². The number of aryl methyl sites for hydroxylation is 1. The van der Waals surface area contributed by atoms with Gasteiger partial charge >= 0.3 is 0 Å². The molecular formula is C17H19FN2O3S. The first-order chi connectivity index (χ1) is 11.2. The van der Waals surface area contributed by atoms with Crippen LogP contribution >= 0.6 is 0 Å². The molecule has 24 heavy (non-hydrogen) atoms. The molecule has 5 nitrogen and oxygen atoms in total. The predicted octanol–water partition coefficient (Wildman–Crippen LogP) is 3.00. The Kier molecular flexibility index (Phi) is 5.23. The number of carbonyl (C=O) groups is 1. The number of benzene rings is 2. The van der Waals surface area contributed by atoms with Crippen LogP contribution in [0.4, 0.5) is 10.1 Å². The van der Waals surface area contributed by atoms with Crippen molar-refractivity contribution in [3.8, 4) is 0 Å². The summed E-state index contributed by atoms with van der Waals surface area (Å²) in [6.07, 6.45) is 1.05. The summed E-state index contributed by atoms with van der Waals surface area (Å²) in [5.74, 6) is -0.685. The van der Waals surface area contributed by atoms with E-state index in [1.807, 2.05) is 0 Å². The van der Waals surface area contributed by atoms with Gasteiger partial charge < -0.3 is 5.32 Å². The molecule has 0 aliphatic rings. The standard InChI is InChI=1S/C17H19FN2O3S/c1-11-4-5-14(10-16(11)20-24(3,22)23)17(21)19-12(2)13-6-8-15(18)9-7-13/h4-10,12,20H,1-3H3,(H,19,21)/t12-/m0/s1. The number of sulfonamides is 1. The maximum atomic E-state index is 13.0. The van der Waals surface area contributed by atoms with Crippen LogP contribution in [0.5, 0.6) is 0 Å². The van der Waals surface area contributed by atoms with E-state index in [4.69, 9.17) is 0 Å². The van der Waals surface area contributed by atoms with E-state index in [-0.39, 0.29) is 17.8 Å². The van der Waals surface area contributed by atoms with Gasteiger partial charge in [0.2, 0.25) is 10.0 Å². The SMILES string of the molecule is Cc1ccc(C(=O)N[C@@H](C)c2ccc(F)cc2)cc1NS(C)(=O)=O. The lowest BCUT2D eigenvalue weighted by molar-refractivity contribution is 0.0940. The van der Waals surface area contributed by atoms with Gasteiger partial charge in [0.05, 0.1) is 18.0 Å². The predicted molar refractivity (Wildman–Crippen MR) is 91.9 cm³/mol. The summed E-state index contributed by atoms with van der Waals surface area (Å²) in [6, 6.07) is 10.3. The molecular weight excluding hydrogens is 331 g/mol. The van der Waals surface area contributed by atoms with Crippen LogP contribution in [0.3, 0.4) is 0 Å². The van der Waals surface area contributed by atoms with Crippen LogP contribution < -0.4 is 10.0 Å². The molecule has 2 aromatic rings. The third kappa shape index (κ3) is 4.79. The molecule has 0 aliphatic heterocycles. The number of carbonyl (C=O) groups excluding carboxylic acids is 1. The number of hydrogen-bond acceptors (Lipinski definition) is 3. The Morgan fingerprint density at radius 3 is 2.33 bits per heavy atom. The van der Waals surface area contributed by atoms with Crippen molar-refractivity contribution in [2.75, 3.05) is 11.0 Å². The van der Waals surface area contributed by atoms with Crippen LogP contribution in [0.1, 0.15) is 34.5 Å².